The van der Waals surface area contributed by atoms with Crippen LogP contribution in [-0.4, -0.2) is 9.38 Å². The van der Waals surface area contributed by atoms with Crippen molar-refractivity contribution in [3.63, 3.8) is 0 Å². The molecule has 0 fully saturated rings. The largest absolute Gasteiger partial charge is 0.297 e. The average Bonchev–Trinajstić information content (AvgIpc) is 3.16. The van der Waals surface area contributed by atoms with Gasteiger partial charge in [-0.1, -0.05) is 64.1 Å². The molecule has 3 heteroatoms. The molecule has 3 aromatic carbocycles. The smallest absolute Gasteiger partial charge is 0.255 e. The Labute approximate surface area is 206 Å². The minimum absolute atomic E-state index is 0.450. The second kappa shape index (κ2) is 7.91. The molecule has 3 heterocycles. The van der Waals surface area contributed by atoms with Crippen molar-refractivity contribution < 1.29 is 4.57 Å². The van der Waals surface area contributed by atoms with Crippen LogP contribution >= 0.6 is 0 Å². The molecule has 0 bridgehead atoms. The number of imidazole rings is 1. The van der Waals surface area contributed by atoms with Gasteiger partial charge in [0.05, 0.1) is 18.0 Å². The molecule has 0 aliphatic heterocycles. The zero-order valence-corrected chi connectivity index (χ0v) is 21.4. The zero-order valence-electron chi connectivity index (χ0n) is 21.4. The normalized spacial score (nSPS) is 12.2. The van der Waals surface area contributed by atoms with E-state index in [1.165, 1.54) is 60.8 Å². The summed E-state index contributed by atoms with van der Waals surface area (Å²) in [7, 11) is 2.17. The van der Waals surface area contributed by atoms with Gasteiger partial charge >= 0.3 is 0 Å². The predicted molar refractivity (Wildman–Crippen MR) is 147 cm³/mol. The third-order valence-electron chi connectivity index (χ3n) is 7.55. The van der Waals surface area contributed by atoms with Crippen molar-refractivity contribution in [3.8, 4) is 11.1 Å². The molecule has 3 aromatic heterocycles. The highest BCUT2D eigenvalue weighted by atomic mass is 15.1. The van der Waals surface area contributed by atoms with Crippen LogP contribution in [0.5, 0.6) is 0 Å². The first-order chi connectivity index (χ1) is 16.9. The van der Waals surface area contributed by atoms with Crippen LogP contribution < -0.4 is 4.57 Å². The molecular weight excluding hydrogens is 426 g/mol. The summed E-state index contributed by atoms with van der Waals surface area (Å²) in [5.41, 5.74) is 12.6. The van der Waals surface area contributed by atoms with Crippen molar-refractivity contribution in [2.75, 3.05) is 0 Å². The molecule has 35 heavy (non-hydrogen) atoms. The lowest BCUT2D eigenvalue weighted by atomic mass is 9.85. The molecule has 3 nitrogen and oxygen atoms in total. The maximum atomic E-state index is 4.90. The fraction of sp³-hybridized carbons (Fsp3) is 0.250. The topological polar surface area (TPSA) is 21.2 Å². The van der Waals surface area contributed by atoms with Crippen molar-refractivity contribution in [1.29, 1.82) is 0 Å². The molecule has 0 atom stereocenters. The van der Waals surface area contributed by atoms with E-state index in [2.05, 4.69) is 117 Å². The Kier molecular flexibility index (Phi) is 4.93. The Morgan fingerprint density at radius 2 is 1.51 bits per heavy atom. The summed E-state index contributed by atoms with van der Waals surface area (Å²) in [4.78, 5) is 4.90. The molecule has 0 spiro atoms. The Bertz CT molecular complexity index is 1740. The number of para-hydroxylation sites is 2. The highest BCUT2D eigenvalue weighted by Gasteiger charge is 2.25. The molecule has 0 aliphatic carbocycles. The van der Waals surface area contributed by atoms with Gasteiger partial charge < -0.3 is 0 Å². The molecule has 0 saturated heterocycles. The number of nitrogens with zero attached hydrogens (tertiary/aromatic N) is 3. The maximum Gasteiger partial charge on any atom is 0.297 e. The van der Waals surface area contributed by atoms with E-state index in [1.807, 2.05) is 6.20 Å². The summed E-state index contributed by atoms with van der Waals surface area (Å²) in [6.07, 6.45) is 1.94. The first-order valence-corrected chi connectivity index (χ1v) is 12.6. The maximum absolute atomic E-state index is 4.90. The third kappa shape index (κ3) is 3.11. The summed E-state index contributed by atoms with van der Waals surface area (Å²) in [6, 6.07) is 24.6. The van der Waals surface area contributed by atoms with Gasteiger partial charge in [0, 0.05) is 11.6 Å². The summed E-state index contributed by atoms with van der Waals surface area (Å²) in [6.45, 7) is 11.4. The molecule has 0 radical (unpaired) electrons. The number of aryl methyl sites for hydroxylation is 2. The van der Waals surface area contributed by atoms with Gasteiger partial charge in [0.1, 0.15) is 5.52 Å². The second-order valence-corrected chi connectivity index (χ2v) is 10.4. The summed E-state index contributed by atoms with van der Waals surface area (Å²) in [5, 5.41) is 2.41. The molecule has 6 aromatic rings. The minimum Gasteiger partial charge on any atom is -0.255 e. The number of hydrogen-bond donors (Lipinski definition) is 0. The van der Waals surface area contributed by atoms with Gasteiger partial charge in [-0.2, -0.15) is 4.40 Å². The highest BCUT2D eigenvalue weighted by molar-refractivity contribution is 6.12. The van der Waals surface area contributed by atoms with E-state index < -0.39 is 0 Å². The predicted octanol–water partition coefficient (Wildman–Crippen LogP) is 7.84. The first-order valence-electron chi connectivity index (χ1n) is 12.6. The van der Waals surface area contributed by atoms with Crippen LogP contribution in [0.3, 0.4) is 0 Å². The Hall–Kier alpha value is -3.72. The quantitative estimate of drug-likeness (QED) is 0.195. The molecule has 0 N–H and O–H groups in total. The van der Waals surface area contributed by atoms with Crippen molar-refractivity contribution in [1.82, 2.24) is 9.38 Å². The molecule has 0 amide bonds. The van der Waals surface area contributed by atoms with Gasteiger partial charge in [0.25, 0.3) is 5.65 Å². The van der Waals surface area contributed by atoms with E-state index in [0.717, 1.165) is 5.52 Å². The van der Waals surface area contributed by atoms with Gasteiger partial charge in [-0.15, -0.1) is 0 Å². The van der Waals surface area contributed by atoms with Crippen LogP contribution in [-0.2, 0) is 7.05 Å². The molecule has 0 unspecified atom stereocenters. The molecule has 0 aliphatic rings. The van der Waals surface area contributed by atoms with Crippen molar-refractivity contribution >= 4 is 38.5 Å². The van der Waals surface area contributed by atoms with Crippen molar-refractivity contribution in [2.24, 2.45) is 7.05 Å². The Morgan fingerprint density at radius 1 is 0.800 bits per heavy atom. The van der Waals surface area contributed by atoms with Crippen LogP contribution in [0.1, 0.15) is 56.2 Å². The molecule has 0 saturated carbocycles. The zero-order chi connectivity index (χ0) is 24.4. The standard InChI is InChI=1S/C32H32N3/c1-19(2)23-10-9-11-24(20(3)4)30(23)22-14-15-25-28(18-22)35-27-13-8-7-12-26(27)34(6)32(35)29-21(5)16-17-33-31(25)29/h7-20H,1-6H3/q+1. The van der Waals surface area contributed by atoms with Gasteiger partial charge in [0.15, 0.2) is 11.0 Å². The minimum atomic E-state index is 0.450. The monoisotopic (exact) mass is 458 g/mol. The number of aromatic nitrogens is 3. The van der Waals surface area contributed by atoms with Crippen LogP contribution in [0.25, 0.3) is 49.6 Å². The lowest BCUT2D eigenvalue weighted by Gasteiger charge is -2.20. The van der Waals surface area contributed by atoms with Crippen LogP contribution in [0.2, 0.25) is 0 Å². The number of fused-ring (bicyclic) bond motifs is 8. The van der Waals surface area contributed by atoms with Gasteiger partial charge in [-0.05, 0) is 76.9 Å². The number of benzene rings is 3. The van der Waals surface area contributed by atoms with E-state index >= 15 is 0 Å². The van der Waals surface area contributed by atoms with Crippen molar-refractivity contribution in [3.05, 3.63) is 89.6 Å². The summed E-state index contributed by atoms with van der Waals surface area (Å²) < 4.78 is 4.76. The van der Waals surface area contributed by atoms with Crippen LogP contribution in [0.15, 0.2) is 72.9 Å². The number of hydrogen-bond acceptors (Lipinski definition) is 1. The van der Waals surface area contributed by atoms with E-state index in [4.69, 9.17) is 4.98 Å². The Balaban J connectivity index is 1.84. The number of pyridine rings is 2. The van der Waals surface area contributed by atoms with Gasteiger partial charge in [-0.3, -0.25) is 4.98 Å². The fourth-order valence-electron chi connectivity index (χ4n) is 5.84. The summed E-state index contributed by atoms with van der Waals surface area (Å²) >= 11 is 0. The summed E-state index contributed by atoms with van der Waals surface area (Å²) in [5.74, 6) is 0.899. The third-order valence-corrected chi connectivity index (χ3v) is 7.55. The second-order valence-electron chi connectivity index (χ2n) is 10.4. The Morgan fingerprint density at radius 3 is 2.23 bits per heavy atom. The highest BCUT2D eigenvalue weighted by Crippen LogP contribution is 2.39. The van der Waals surface area contributed by atoms with E-state index in [9.17, 15) is 0 Å². The fourth-order valence-corrected chi connectivity index (χ4v) is 5.84. The van der Waals surface area contributed by atoms with Gasteiger partial charge in [0.2, 0.25) is 0 Å². The van der Waals surface area contributed by atoms with E-state index in [-0.39, 0.29) is 0 Å². The lowest BCUT2D eigenvalue weighted by molar-refractivity contribution is -0.617. The van der Waals surface area contributed by atoms with Crippen LogP contribution in [0.4, 0.5) is 0 Å². The van der Waals surface area contributed by atoms with Crippen molar-refractivity contribution in [2.45, 2.75) is 46.5 Å². The molecule has 174 valence electrons. The SMILES string of the molecule is Cc1ccnc2c3ccc(-c4c(C(C)C)cccc4C(C)C)cc3n3c4ccccc4[n+](C)c3c12. The molecular formula is C32H32N3+. The first kappa shape index (κ1) is 21.8. The van der Waals surface area contributed by atoms with E-state index in [0.29, 0.717) is 11.8 Å². The van der Waals surface area contributed by atoms with Crippen LogP contribution in [0, 0.1) is 6.92 Å². The van der Waals surface area contributed by atoms with E-state index in [1.54, 1.807) is 0 Å². The lowest BCUT2D eigenvalue weighted by Crippen LogP contribution is -2.27. The van der Waals surface area contributed by atoms with Gasteiger partial charge in [-0.25, -0.2) is 4.57 Å². The number of rotatable bonds is 3. The average molecular weight is 459 g/mol. The molecule has 6 rings (SSSR count).